The number of anilines is 2. The number of nitrogen functional groups attached to an aromatic ring is 1. The third kappa shape index (κ3) is 4.20. The molecule has 1 heterocycles. The smallest absolute Gasteiger partial charge is 0.224 e. The Labute approximate surface area is 119 Å². The summed E-state index contributed by atoms with van der Waals surface area (Å²) in [6.07, 6.45) is 2.54. The molecule has 0 bridgehead atoms. The number of likely N-dealkylation sites (tertiary alicyclic amines) is 1. The van der Waals surface area contributed by atoms with Crippen LogP contribution < -0.4 is 11.1 Å². The molecule has 1 aromatic rings. The normalized spacial score (nSPS) is 19.2. The number of nitrogens with zero attached hydrogens (tertiary/aromatic N) is 1. The molecule has 0 spiro atoms. The largest absolute Gasteiger partial charge is 0.397 e. The first kappa shape index (κ1) is 14.8. The summed E-state index contributed by atoms with van der Waals surface area (Å²) >= 11 is 0. The van der Waals surface area contributed by atoms with Gasteiger partial charge in [0.25, 0.3) is 0 Å². The number of halogens is 1. The van der Waals surface area contributed by atoms with E-state index in [0.717, 1.165) is 32.0 Å². The number of carbonyl (C=O) groups is 1. The van der Waals surface area contributed by atoms with Gasteiger partial charge in [-0.25, -0.2) is 4.39 Å². The molecule has 1 fully saturated rings. The van der Waals surface area contributed by atoms with E-state index in [9.17, 15) is 9.18 Å². The first-order chi connectivity index (χ1) is 9.54. The number of hydrogen-bond acceptors (Lipinski definition) is 3. The average Bonchev–Trinajstić information content (AvgIpc) is 2.79. The van der Waals surface area contributed by atoms with Crippen molar-refractivity contribution in [3.05, 3.63) is 24.0 Å². The molecular formula is C15H22FN3O. The molecule has 1 amide bonds. The molecule has 0 aromatic heterocycles. The standard InChI is InChI=1S/C15H22FN3O/c1-11-6-8-19(10-11)7-2-3-15(20)18-14-5-4-12(16)9-13(14)17/h4-5,9,11H,2-3,6-8,10,17H2,1H3,(H,18,20). The zero-order valence-corrected chi connectivity index (χ0v) is 11.9. The quantitative estimate of drug-likeness (QED) is 0.814. The van der Waals surface area contributed by atoms with Gasteiger partial charge in [0, 0.05) is 13.0 Å². The summed E-state index contributed by atoms with van der Waals surface area (Å²) < 4.78 is 12.9. The molecule has 4 nitrogen and oxygen atoms in total. The second-order valence-corrected chi connectivity index (χ2v) is 5.58. The molecule has 1 unspecified atom stereocenters. The molecular weight excluding hydrogens is 257 g/mol. The van der Waals surface area contributed by atoms with Crippen LogP contribution in [0.2, 0.25) is 0 Å². The molecule has 3 N–H and O–H groups in total. The predicted octanol–water partition coefficient (Wildman–Crippen LogP) is 2.47. The van der Waals surface area contributed by atoms with Gasteiger partial charge < -0.3 is 16.0 Å². The minimum absolute atomic E-state index is 0.0736. The van der Waals surface area contributed by atoms with E-state index in [1.54, 1.807) is 0 Å². The molecule has 1 aliphatic heterocycles. The fourth-order valence-corrected chi connectivity index (χ4v) is 2.55. The molecule has 1 aromatic carbocycles. The van der Waals surface area contributed by atoms with Gasteiger partial charge in [0.1, 0.15) is 5.82 Å². The van der Waals surface area contributed by atoms with Crippen LogP contribution in [0, 0.1) is 11.7 Å². The van der Waals surface area contributed by atoms with E-state index in [4.69, 9.17) is 5.73 Å². The van der Waals surface area contributed by atoms with Crippen LogP contribution >= 0.6 is 0 Å². The van der Waals surface area contributed by atoms with Gasteiger partial charge in [-0.1, -0.05) is 6.92 Å². The SMILES string of the molecule is CC1CCN(CCCC(=O)Nc2ccc(F)cc2N)C1. The number of nitrogens with one attached hydrogen (secondary N) is 1. The molecule has 1 atom stereocenters. The zero-order chi connectivity index (χ0) is 14.5. The summed E-state index contributed by atoms with van der Waals surface area (Å²) in [5.41, 5.74) is 6.38. The lowest BCUT2D eigenvalue weighted by molar-refractivity contribution is -0.116. The Hall–Kier alpha value is -1.62. The Bertz CT molecular complexity index is 478. The van der Waals surface area contributed by atoms with Gasteiger partial charge in [-0.2, -0.15) is 0 Å². The lowest BCUT2D eigenvalue weighted by atomic mass is 10.2. The molecule has 1 saturated heterocycles. The van der Waals surface area contributed by atoms with Crippen LogP contribution in [0.15, 0.2) is 18.2 Å². The summed E-state index contributed by atoms with van der Waals surface area (Å²) in [5, 5.41) is 2.72. The number of rotatable bonds is 5. The molecule has 5 heteroatoms. The van der Waals surface area contributed by atoms with Crippen LogP contribution in [0.4, 0.5) is 15.8 Å². The fourth-order valence-electron chi connectivity index (χ4n) is 2.55. The Morgan fingerprint density at radius 3 is 3.00 bits per heavy atom. The number of nitrogens with two attached hydrogens (primary N) is 1. The minimum atomic E-state index is -0.399. The first-order valence-corrected chi connectivity index (χ1v) is 7.12. The molecule has 1 aliphatic rings. The summed E-state index contributed by atoms with van der Waals surface area (Å²) in [5.74, 6) is 0.294. The van der Waals surface area contributed by atoms with E-state index in [-0.39, 0.29) is 11.6 Å². The lowest BCUT2D eigenvalue weighted by Crippen LogP contribution is -2.23. The van der Waals surface area contributed by atoms with Crippen LogP contribution in [0.3, 0.4) is 0 Å². The molecule has 0 radical (unpaired) electrons. The maximum Gasteiger partial charge on any atom is 0.224 e. The van der Waals surface area contributed by atoms with E-state index in [1.165, 1.54) is 24.6 Å². The monoisotopic (exact) mass is 279 g/mol. The number of benzene rings is 1. The van der Waals surface area contributed by atoms with Crippen molar-refractivity contribution in [1.29, 1.82) is 0 Å². The van der Waals surface area contributed by atoms with Crippen molar-refractivity contribution in [3.63, 3.8) is 0 Å². The van der Waals surface area contributed by atoms with Crippen molar-refractivity contribution in [1.82, 2.24) is 4.90 Å². The first-order valence-electron chi connectivity index (χ1n) is 7.12. The highest BCUT2D eigenvalue weighted by Gasteiger charge is 2.18. The van der Waals surface area contributed by atoms with E-state index in [0.29, 0.717) is 12.1 Å². The van der Waals surface area contributed by atoms with E-state index < -0.39 is 5.82 Å². The Kier molecular flexibility index (Phi) is 4.95. The lowest BCUT2D eigenvalue weighted by Gasteiger charge is -2.14. The van der Waals surface area contributed by atoms with Crippen LogP contribution in [0.5, 0.6) is 0 Å². The highest BCUT2D eigenvalue weighted by molar-refractivity contribution is 5.93. The molecule has 2 rings (SSSR count). The van der Waals surface area contributed by atoms with Crippen LogP contribution in [-0.4, -0.2) is 30.4 Å². The van der Waals surface area contributed by atoms with Gasteiger partial charge in [-0.15, -0.1) is 0 Å². The van der Waals surface area contributed by atoms with Crippen LogP contribution in [0.1, 0.15) is 26.2 Å². The van der Waals surface area contributed by atoms with Crippen molar-refractivity contribution in [3.8, 4) is 0 Å². The van der Waals surface area contributed by atoms with Gasteiger partial charge in [0.15, 0.2) is 0 Å². The summed E-state index contributed by atoms with van der Waals surface area (Å²) in [6.45, 7) is 5.47. The average molecular weight is 279 g/mol. The Balaban J connectivity index is 1.72. The number of amides is 1. The van der Waals surface area contributed by atoms with Crippen molar-refractivity contribution in [2.24, 2.45) is 5.92 Å². The van der Waals surface area contributed by atoms with Crippen LogP contribution in [0.25, 0.3) is 0 Å². The zero-order valence-electron chi connectivity index (χ0n) is 11.9. The minimum Gasteiger partial charge on any atom is -0.397 e. The highest BCUT2D eigenvalue weighted by atomic mass is 19.1. The molecule has 110 valence electrons. The van der Waals surface area contributed by atoms with Gasteiger partial charge >= 0.3 is 0 Å². The fraction of sp³-hybridized carbons (Fsp3) is 0.533. The summed E-state index contributed by atoms with van der Waals surface area (Å²) in [6, 6.07) is 3.99. The van der Waals surface area contributed by atoms with Crippen molar-refractivity contribution >= 4 is 17.3 Å². The maximum atomic E-state index is 12.9. The summed E-state index contributed by atoms with van der Waals surface area (Å²) in [7, 11) is 0. The highest BCUT2D eigenvalue weighted by Crippen LogP contribution is 2.19. The second kappa shape index (κ2) is 6.70. The Morgan fingerprint density at radius 1 is 1.55 bits per heavy atom. The predicted molar refractivity (Wildman–Crippen MR) is 78.9 cm³/mol. The van der Waals surface area contributed by atoms with Crippen molar-refractivity contribution in [2.45, 2.75) is 26.2 Å². The van der Waals surface area contributed by atoms with Crippen LogP contribution in [-0.2, 0) is 4.79 Å². The third-order valence-corrected chi connectivity index (χ3v) is 3.67. The Morgan fingerprint density at radius 2 is 2.35 bits per heavy atom. The second-order valence-electron chi connectivity index (χ2n) is 5.58. The molecule has 20 heavy (non-hydrogen) atoms. The van der Waals surface area contributed by atoms with Crippen molar-refractivity contribution < 1.29 is 9.18 Å². The van der Waals surface area contributed by atoms with Crippen molar-refractivity contribution in [2.75, 3.05) is 30.7 Å². The van der Waals surface area contributed by atoms with Gasteiger partial charge in [0.05, 0.1) is 11.4 Å². The van der Waals surface area contributed by atoms with Gasteiger partial charge in [-0.05, 0) is 50.0 Å². The summed E-state index contributed by atoms with van der Waals surface area (Å²) in [4.78, 5) is 14.2. The van der Waals surface area contributed by atoms with Gasteiger partial charge in [0.2, 0.25) is 5.91 Å². The maximum absolute atomic E-state index is 12.9. The molecule has 0 saturated carbocycles. The van der Waals surface area contributed by atoms with E-state index in [1.807, 2.05) is 0 Å². The number of carbonyl (C=O) groups excluding carboxylic acids is 1. The van der Waals surface area contributed by atoms with E-state index >= 15 is 0 Å². The van der Waals surface area contributed by atoms with E-state index in [2.05, 4.69) is 17.1 Å². The number of hydrogen-bond donors (Lipinski definition) is 2. The molecule has 0 aliphatic carbocycles. The topological polar surface area (TPSA) is 58.4 Å². The third-order valence-electron chi connectivity index (χ3n) is 3.67. The van der Waals surface area contributed by atoms with Gasteiger partial charge in [-0.3, -0.25) is 4.79 Å².